The molecule has 0 saturated heterocycles. The lowest BCUT2D eigenvalue weighted by Gasteiger charge is -1.91. The maximum absolute atomic E-state index is 10.3. The van der Waals surface area contributed by atoms with Crippen LogP contribution in [0.25, 0.3) is 0 Å². The molecule has 4 nitrogen and oxygen atoms in total. The van der Waals surface area contributed by atoms with Gasteiger partial charge in [0.2, 0.25) is 5.76 Å². The summed E-state index contributed by atoms with van der Waals surface area (Å²) < 4.78 is 4.44. The monoisotopic (exact) mass is 128 g/mol. The molecule has 0 amide bonds. The van der Waals surface area contributed by atoms with Crippen LogP contribution in [-0.2, 0) is 14.3 Å². The van der Waals surface area contributed by atoms with Gasteiger partial charge in [-0.05, 0) is 0 Å². The molecular weight excluding hydrogens is 124 g/mol. The van der Waals surface area contributed by atoms with Crippen LogP contribution in [0.1, 0.15) is 0 Å². The van der Waals surface area contributed by atoms with Crippen molar-refractivity contribution in [2.75, 3.05) is 6.61 Å². The van der Waals surface area contributed by atoms with Crippen LogP contribution in [0.5, 0.6) is 0 Å². The van der Waals surface area contributed by atoms with E-state index in [2.05, 4.69) is 4.74 Å². The standard InChI is InChI=1S/C5H4O4/c6-3-1-4(5(7)8)9-2-3/h1H,2H2,(H,7,8). The minimum atomic E-state index is -1.19. The molecule has 1 aliphatic rings. The second-order valence-electron chi connectivity index (χ2n) is 1.57. The summed E-state index contributed by atoms with van der Waals surface area (Å²) in [7, 11) is 0. The van der Waals surface area contributed by atoms with E-state index in [-0.39, 0.29) is 18.1 Å². The summed E-state index contributed by atoms with van der Waals surface area (Å²) >= 11 is 0. The highest BCUT2D eigenvalue weighted by Gasteiger charge is 2.18. The molecule has 1 heterocycles. The molecule has 0 aromatic carbocycles. The first kappa shape index (κ1) is 5.81. The van der Waals surface area contributed by atoms with E-state index in [0.717, 1.165) is 6.08 Å². The smallest absolute Gasteiger partial charge is 0.371 e. The minimum Gasteiger partial charge on any atom is -0.478 e. The summed E-state index contributed by atoms with van der Waals surface area (Å²) in [5, 5.41) is 8.19. The number of aliphatic carboxylic acids is 1. The molecule has 48 valence electrons. The average molecular weight is 128 g/mol. The second-order valence-corrected chi connectivity index (χ2v) is 1.57. The van der Waals surface area contributed by atoms with Crippen molar-refractivity contribution in [3.63, 3.8) is 0 Å². The normalized spacial score (nSPS) is 16.9. The number of ketones is 1. The Balaban J connectivity index is 2.74. The van der Waals surface area contributed by atoms with Gasteiger partial charge in [-0.25, -0.2) is 4.79 Å². The maximum atomic E-state index is 10.3. The Kier molecular flexibility index (Phi) is 1.22. The highest BCUT2D eigenvalue weighted by atomic mass is 16.5. The van der Waals surface area contributed by atoms with E-state index in [1.165, 1.54) is 0 Å². The van der Waals surface area contributed by atoms with Crippen LogP contribution in [0.2, 0.25) is 0 Å². The van der Waals surface area contributed by atoms with Gasteiger partial charge in [-0.15, -0.1) is 0 Å². The van der Waals surface area contributed by atoms with Crippen LogP contribution in [-0.4, -0.2) is 23.5 Å². The van der Waals surface area contributed by atoms with Crippen molar-refractivity contribution < 1.29 is 19.4 Å². The van der Waals surface area contributed by atoms with Crippen molar-refractivity contribution in [2.45, 2.75) is 0 Å². The van der Waals surface area contributed by atoms with Crippen LogP contribution in [0.15, 0.2) is 11.8 Å². The predicted molar refractivity (Wildman–Crippen MR) is 26.7 cm³/mol. The van der Waals surface area contributed by atoms with Gasteiger partial charge in [-0.1, -0.05) is 0 Å². The fourth-order valence-corrected chi connectivity index (χ4v) is 0.502. The SMILES string of the molecule is O=C1C=C(C(=O)O)OC1. The lowest BCUT2D eigenvalue weighted by Crippen LogP contribution is -2.00. The lowest BCUT2D eigenvalue weighted by molar-refractivity contribution is -0.136. The Labute approximate surface area is 50.7 Å². The van der Waals surface area contributed by atoms with Gasteiger partial charge in [0, 0.05) is 6.08 Å². The number of rotatable bonds is 1. The Bertz CT molecular complexity index is 191. The quantitative estimate of drug-likeness (QED) is 0.519. The molecule has 0 aliphatic carbocycles. The van der Waals surface area contributed by atoms with Gasteiger partial charge in [0.1, 0.15) is 0 Å². The topological polar surface area (TPSA) is 63.6 Å². The highest BCUT2D eigenvalue weighted by molar-refractivity contribution is 6.00. The van der Waals surface area contributed by atoms with Crippen molar-refractivity contribution in [1.82, 2.24) is 0 Å². The number of hydrogen-bond donors (Lipinski definition) is 1. The molecule has 0 saturated carbocycles. The molecule has 0 aromatic heterocycles. The van der Waals surface area contributed by atoms with E-state index >= 15 is 0 Å². The third-order valence-electron chi connectivity index (χ3n) is 0.873. The lowest BCUT2D eigenvalue weighted by atomic mass is 10.4. The third kappa shape index (κ3) is 1.07. The Morgan fingerprint density at radius 1 is 1.78 bits per heavy atom. The number of hydrogen-bond acceptors (Lipinski definition) is 3. The first-order chi connectivity index (χ1) is 4.20. The third-order valence-corrected chi connectivity index (χ3v) is 0.873. The van der Waals surface area contributed by atoms with E-state index in [1.54, 1.807) is 0 Å². The van der Waals surface area contributed by atoms with Gasteiger partial charge < -0.3 is 9.84 Å². The molecule has 1 rings (SSSR count). The van der Waals surface area contributed by atoms with Gasteiger partial charge in [-0.3, -0.25) is 4.79 Å². The molecular formula is C5H4O4. The number of carbonyl (C=O) groups excluding carboxylic acids is 1. The molecule has 1 aliphatic heterocycles. The van der Waals surface area contributed by atoms with Crippen molar-refractivity contribution in [3.05, 3.63) is 11.8 Å². The number of carboxylic acids is 1. The summed E-state index contributed by atoms with van der Waals surface area (Å²) in [6.07, 6.45) is 0.975. The Morgan fingerprint density at radius 2 is 2.44 bits per heavy atom. The first-order valence-corrected chi connectivity index (χ1v) is 2.31. The van der Waals surface area contributed by atoms with E-state index in [0.29, 0.717) is 0 Å². The molecule has 0 spiro atoms. The summed E-state index contributed by atoms with van der Waals surface area (Å²) in [6.45, 7) is -0.137. The molecule has 1 N–H and O–H groups in total. The van der Waals surface area contributed by atoms with Crippen molar-refractivity contribution >= 4 is 11.8 Å². The van der Waals surface area contributed by atoms with Gasteiger partial charge in [0.15, 0.2) is 12.4 Å². The zero-order valence-electron chi connectivity index (χ0n) is 4.46. The number of ether oxygens (including phenoxy) is 1. The van der Waals surface area contributed by atoms with Crippen molar-refractivity contribution in [2.24, 2.45) is 0 Å². The van der Waals surface area contributed by atoms with E-state index in [4.69, 9.17) is 5.11 Å². The van der Waals surface area contributed by atoms with Crippen LogP contribution in [0.4, 0.5) is 0 Å². The Morgan fingerprint density at radius 3 is 2.67 bits per heavy atom. The van der Waals surface area contributed by atoms with E-state index < -0.39 is 5.97 Å². The fourth-order valence-electron chi connectivity index (χ4n) is 0.502. The Hall–Kier alpha value is -1.32. The minimum absolute atomic E-state index is 0.137. The zero-order chi connectivity index (χ0) is 6.85. The fraction of sp³-hybridized carbons (Fsp3) is 0.200. The van der Waals surface area contributed by atoms with Gasteiger partial charge >= 0.3 is 5.97 Å². The molecule has 0 radical (unpaired) electrons. The largest absolute Gasteiger partial charge is 0.478 e. The van der Waals surface area contributed by atoms with Gasteiger partial charge in [-0.2, -0.15) is 0 Å². The predicted octanol–water partition coefficient (Wildman–Crippen LogP) is -0.446. The molecule has 0 fully saturated rings. The second kappa shape index (κ2) is 1.89. The van der Waals surface area contributed by atoms with E-state index in [1.807, 2.05) is 0 Å². The maximum Gasteiger partial charge on any atom is 0.371 e. The molecule has 0 aromatic rings. The molecule has 0 bridgehead atoms. The van der Waals surface area contributed by atoms with Crippen LogP contribution >= 0.6 is 0 Å². The highest BCUT2D eigenvalue weighted by Crippen LogP contribution is 2.04. The summed E-state index contributed by atoms with van der Waals surface area (Å²) in [6, 6.07) is 0. The van der Waals surface area contributed by atoms with E-state index in [9.17, 15) is 9.59 Å². The van der Waals surface area contributed by atoms with Crippen LogP contribution < -0.4 is 0 Å². The summed E-state index contributed by atoms with van der Waals surface area (Å²) in [4.78, 5) is 20.3. The summed E-state index contributed by atoms with van der Waals surface area (Å²) in [5.74, 6) is -1.76. The average Bonchev–Trinajstić information content (AvgIpc) is 2.14. The van der Waals surface area contributed by atoms with Crippen molar-refractivity contribution in [1.29, 1.82) is 0 Å². The molecule has 0 unspecified atom stereocenters. The van der Waals surface area contributed by atoms with Crippen LogP contribution in [0, 0.1) is 0 Å². The van der Waals surface area contributed by atoms with Gasteiger partial charge in [0.05, 0.1) is 0 Å². The zero-order valence-corrected chi connectivity index (χ0v) is 4.46. The van der Waals surface area contributed by atoms with Gasteiger partial charge in [0.25, 0.3) is 0 Å². The number of carboxylic acid groups (broad SMARTS) is 1. The van der Waals surface area contributed by atoms with Crippen molar-refractivity contribution in [3.8, 4) is 0 Å². The molecule has 9 heavy (non-hydrogen) atoms. The number of carbonyl (C=O) groups is 2. The summed E-state index contributed by atoms with van der Waals surface area (Å²) in [5.41, 5.74) is 0. The first-order valence-electron chi connectivity index (χ1n) is 2.31. The molecule has 4 heteroatoms. The molecule has 0 atom stereocenters. The van der Waals surface area contributed by atoms with Crippen LogP contribution in [0.3, 0.4) is 0 Å².